The number of hydrogen-bond acceptors (Lipinski definition) is 2. The second-order valence-corrected chi connectivity index (χ2v) is 5.51. The molecule has 0 aliphatic rings. The van der Waals surface area contributed by atoms with Crippen molar-refractivity contribution in [3.63, 3.8) is 0 Å². The molecule has 0 saturated heterocycles. The molecule has 110 valence electrons. The Morgan fingerprint density at radius 1 is 1.00 bits per heavy atom. The molecule has 21 heavy (non-hydrogen) atoms. The summed E-state index contributed by atoms with van der Waals surface area (Å²) in [7, 11) is 0. The number of rotatable bonds is 6. The van der Waals surface area contributed by atoms with Crippen LogP contribution in [0.25, 0.3) is 0 Å². The smallest absolute Gasteiger partial charge is 0.316 e. The van der Waals surface area contributed by atoms with E-state index in [2.05, 4.69) is 6.92 Å². The summed E-state index contributed by atoms with van der Waals surface area (Å²) in [4.78, 5) is 12.6. The topological polar surface area (TPSA) is 26.3 Å². The van der Waals surface area contributed by atoms with Crippen molar-refractivity contribution >= 4 is 5.97 Å². The van der Waals surface area contributed by atoms with Gasteiger partial charge in [0.1, 0.15) is 6.61 Å². The lowest BCUT2D eigenvalue weighted by Crippen LogP contribution is -2.34. The Bertz CT molecular complexity index is 563. The molecule has 0 bridgehead atoms. The standard InChI is InChI=1S/C19H22O2/c1-3-14-19(2,17-12-8-5-9-13-17)18(20)21-15-16-10-6-4-7-11-16/h4-13H,3,14-15H2,1-2H3. The van der Waals surface area contributed by atoms with Crippen LogP contribution < -0.4 is 0 Å². The molecule has 0 N–H and O–H groups in total. The first-order valence-electron chi connectivity index (χ1n) is 7.43. The third-order valence-electron chi connectivity index (χ3n) is 3.82. The van der Waals surface area contributed by atoms with Crippen LogP contribution in [0.3, 0.4) is 0 Å². The average Bonchev–Trinajstić information content (AvgIpc) is 2.54. The first-order valence-corrected chi connectivity index (χ1v) is 7.43. The van der Waals surface area contributed by atoms with Crippen LogP contribution in [0.5, 0.6) is 0 Å². The molecule has 0 saturated carbocycles. The Morgan fingerprint density at radius 3 is 2.14 bits per heavy atom. The molecule has 1 atom stereocenters. The lowest BCUT2D eigenvalue weighted by atomic mass is 9.79. The first kappa shape index (κ1) is 15.3. The molecular weight excluding hydrogens is 260 g/mol. The Hall–Kier alpha value is -2.09. The zero-order valence-electron chi connectivity index (χ0n) is 12.7. The number of ether oxygens (including phenoxy) is 1. The summed E-state index contributed by atoms with van der Waals surface area (Å²) < 4.78 is 5.56. The molecular formula is C19H22O2. The van der Waals surface area contributed by atoms with E-state index in [0.29, 0.717) is 6.61 Å². The van der Waals surface area contributed by atoms with Gasteiger partial charge < -0.3 is 4.74 Å². The third-order valence-corrected chi connectivity index (χ3v) is 3.82. The van der Waals surface area contributed by atoms with Gasteiger partial charge in [0, 0.05) is 0 Å². The van der Waals surface area contributed by atoms with E-state index in [0.717, 1.165) is 24.0 Å². The summed E-state index contributed by atoms with van der Waals surface area (Å²) in [6, 6.07) is 19.7. The number of benzene rings is 2. The van der Waals surface area contributed by atoms with Crippen LogP contribution in [-0.4, -0.2) is 5.97 Å². The van der Waals surface area contributed by atoms with Crippen molar-refractivity contribution in [2.24, 2.45) is 0 Å². The van der Waals surface area contributed by atoms with Crippen molar-refractivity contribution in [2.45, 2.75) is 38.7 Å². The van der Waals surface area contributed by atoms with Gasteiger partial charge in [0.15, 0.2) is 0 Å². The normalized spacial score (nSPS) is 13.4. The summed E-state index contributed by atoms with van der Waals surface area (Å²) in [5, 5.41) is 0. The summed E-state index contributed by atoms with van der Waals surface area (Å²) >= 11 is 0. The quantitative estimate of drug-likeness (QED) is 0.730. The van der Waals surface area contributed by atoms with E-state index in [9.17, 15) is 4.79 Å². The molecule has 0 radical (unpaired) electrons. The van der Waals surface area contributed by atoms with Crippen LogP contribution in [0.2, 0.25) is 0 Å². The predicted octanol–water partition coefficient (Wildman–Crippen LogP) is 4.49. The van der Waals surface area contributed by atoms with Crippen molar-refractivity contribution < 1.29 is 9.53 Å². The lowest BCUT2D eigenvalue weighted by Gasteiger charge is -2.27. The number of carbonyl (C=O) groups excluding carboxylic acids is 1. The molecule has 2 rings (SSSR count). The SMILES string of the molecule is CCCC(C)(C(=O)OCc1ccccc1)c1ccccc1. The first-order chi connectivity index (χ1) is 10.2. The van der Waals surface area contributed by atoms with Crippen LogP contribution >= 0.6 is 0 Å². The van der Waals surface area contributed by atoms with Gasteiger partial charge in [0.05, 0.1) is 5.41 Å². The molecule has 2 aromatic rings. The highest BCUT2D eigenvalue weighted by molar-refractivity contribution is 5.82. The van der Waals surface area contributed by atoms with Crippen molar-refractivity contribution in [1.29, 1.82) is 0 Å². The Morgan fingerprint density at radius 2 is 1.57 bits per heavy atom. The van der Waals surface area contributed by atoms with Gasteiger partial charge in [-0.2, -0.15) is 0 Å². The van der Waals surface area contributed by atoms with Crippen LogP contribution in [0.15, 0.2) is 60.7 Å². The molecule has 1 unspecified atom stereocenters. The van der Waals surface area contributed by atoms with Crippen molar-refractivity contribution in [1.82, 2.24) is 0 Å². The Kier molecular flexibility index (Phi) is 5.15. The lowest BCUT2D eigenvalue weighted by molar-refractivity contribution is -0.151. The van der Waals surface area contributed by atoms with Gasteiger partial charge in [-0.1, -0.05) is 74.0 Å². The summed E-state index contributed by atoms with van der Waals surface area (Å²) in [5.41, 5.74) is 1.45. The van der Waals surface area contributed by atoms with Crippen LogP contribution in [0.1, 0.15) is 37.8 Å². The summed E-state index contributed by atoms with van der Waals surface area (Å²) in [6.07, 6.45) is 1.72. The van der Waals surface area contributed by atoms with E-state index < -0.39 is 5.41 Å². The highest BCUT2D eigenvalue weighted by Crippen LogP contribution is 2.30. The van der Waals surface area contributed by atoms with Crippen molar-refractivity contribution in [3.05, 3.63) is 71.8 Å². The van der Waals surface area contributed by atoms with E-state index in [-0.39, 0.29) is 5.97 Å². The number of esters is 1. The minimum atomic E-state index is -0.579. The van der Waals surface area contributed by atoms with Crippen LogP contribution in [0.4, 0.5) is 0 Å². The third kappa shape index (κ3) is 3.72. The molecule has 0 fully saturated rings. The van der Waals surface area contributed by atoms with Crippen LogP contribution in [0, 0.1) is 0 Å². The summed E-state index contributed by atoms with van der Waals surface area (Å²) in [5.74, 6) is -0.153. The molecule has 0 aliphatic carbocycles. The van der Waals surface area contributed by atoms with Gasteiger partial charge >= 0.3 is 5.97 Å². The molecule has 2 aromatic carbocycles. The highest BCUT2D eigenvalue weighted by Gasteiger charge is 2.35. The second-order valence-electron chi connectivity index (χ2n) is 5.51. The fourth-order valence-corrected chi connectivity index (χ4v) is 2.55. The van der Waals surface area contributed by atoms with E-state index in [1.165, 1.54) is 0 Å². The Labute approximate surface area is 126 Å². The minimum Gasteiger partial charge on any atom is -0.460 e. The van der Waals surface area contributed by atoms with Crippen molar-refractivity contribution in [3.8, 4) is 0 Å². The number of carbonyl (C=O) groups is 1. The molecule has 0 spiro atoms. The van der Waals surface area contributed by atoms with Gasteiger partial charge in [-0.3, -0.25) is 4.79 Å². The Balaban J connectivity index is 2.12. The van der Waals surface area contributed by atoms with E-state index >= 15 is 0 Å². The largest absolute Gasteiger partial charge is 0.460 e. The van der Waals surface area contributed by atoms with Gasteiger partial charge in [-0.15, -0.1) is 0 Å². The minimum absolute atomic E-state index is 0.153. The second kappa shape index (κ2) is 7.07. The predicted molar refractivity (Wildman–Crippen MR) is 84.9 cm³/mol. The summed E-state index contributed by atoms with van der Waals surface area (Å²) in [6.45, 7) is 4.39. The fraction of sp³-hybridized carbons (Fsp3) is 0.316. The maximum Gasteiger partial charge on any atom is 0.316 e. The molecule has 0 aliphatic heterocycles. The zero-order valence-corrected chi connectivity index (χ0v) is 12.7. The fourth-order valence-electron chi connectivity index (χ4n) is 2.55. The van der Waals surface area contributed by atoms with Crippen LogP contribution in [-0.2, 0) is 21.6 Å². The zero-order chi connectivity index (χ0) is 15.1. The van der Waals surface area contributed by atoms with Gasteiger partial charge in [-0.25, -0.2) is 0 Å². The highest BCUT2D eigenvalue weighted by atomic mass is 16.5. The molecule has 0 amide bonds. The monoisotopic (exact) mass is 282 g/mol. The van der Waals surface area contributed by atoms with Gasteiger partial charge in [-0.05, 0) is 24.5 Å². The maximum atomic E-state index is 12.6. The molecule has 0 aromatic heterocycles. The molecule has 2 heteroatoms. The van der Waals surface area contributed by atoms with E-state index in [4.69, 9.17) is 4.74 Å². The average molecular weight is 282 g/mol. The van der Waals surface area contributed by atoms with Crippen molar-refractivity contribution in [2.75, 3.05) is 0 Å². The van der Waals surface area contributed by atoms with Gasteiger partial charge in [0.2, 0.25) is 0 Å². The van der Waals surface area contributed by atoms with Gasteiger partial charge in [0.25, 0.3) is 0 Å². The molecule has 2 nitrogen and oxygen atoms in total. The maximum absolute atomic E-state index is 12.6. The number of hydrogen-bond donors (Lipinski definition) is 0. The van der Waals surface area contributed by atoms with E-state index in [1.54, 1.807) is 0 Å². The molecule has 0 heterocycles. The van der Waals surface area contributed by atoms with E-state index in [1.807, 2.05) is 67.6 Å².